The number of aryl methyl sites for hydroxylation is 1. The van der Waals surface area contributed by atoms with Gasteiger partial charge >= 0.3 is 0 Å². The lowest BCUT2D eigenvalue weighted by Gasteiger charge is -2.00. The van der Waals surface area contributed by atoms with E-state index in [4.69, 9.17) is 0 Å². The van der Waals surface area contributed by atoms with Crippen molar-refractivity contribution in [3.05, 3.63) is 40.1 Å². The lowest BCUT2D eigenvalue weighted by atomic mass is 10.3. The van der Waals surface area contributed by atoms with E-state index in [0.717, 1.165) is 0 Å². The molecule has 0 atom stereocenters. The van der Waals surface area contributed by atoms with Gasteiger partial charge in [0.1, 0.15) is 0 Å². The maximum atomic E-state index is 10.7. The van der Waals surface area contributed by atoms with Gasteiger partial charge in [0, 0.05) is 12.1 Å². The number of hydrogen-bond acceptors (Lipinski definition) is 6. The summed E-state index contributed by atoms with van der Waals surface area (Å²) >= 11 is 0. The number of benzene rings is 1. The van der Waals surface area contributed by atoms with Gasteiger partial charge in [0.25, 0.3) is 5.69 Å². The molecule has 8 heteroatoms. The Kier molecular flexibility index (Phi) is 2.09. The van der Waals surface area contributed by atoms with Crippen LogP contribution >= 0.6 is 0 Å². The zero-order chi connectivity index (χ0) is 12.7. The molecule has 18 heavy (non-hydrogen) atoms. The van der Waals surface area contributed by atoms with Crippen LogP contribution < -0.4 is 0 Å². The third-order valence-electron chi connectivity index (χ3n) is 2.55. The first kappa shape index (κ1) is 10.4. The molecule has 0 aliphatic heterocycles. The fourth-order valence-corrected chi connectivity index (χ4v) is 1.71. The van der Waals surface area contributed by atoms with Crippen molar-refractivity contribution in [1.29, 1.82) is 0 Å². The molecule has 0 saturated carbocycles. The molecule has 8 nitrogen and oxygen atoms in total. The highest BCUT2D eigenvalue weighted by molar-refractivity contribution is 5.74. The van der Waals surface area contributed by atoms with Gasteiger partial charge in [-0.1, -0.05) is 6.07 Å². The van der Waals surface area contributed by atoms with Crippen LogP contribution in [0.15, 0.2) is 28.9 Å². The molecule has 0 spiro atoms. The lowest BCUT2D eigenvalue weighted by molar-refractivity contribution is -0.384. The standard InChI is InChI=1S/C10H7N5O3/c1-6-9-10(13-18-12-9)14(11-6)7-3-2-4-8(5-7)15(16)17/h2-5H,1H3. The van der Waals surface area contributed by atoms with Crippen LogP contribution in [0.4, 0.5) is 5.69 Å². The summed E-state index contributed by atoms with van der Waals surface area (Å²) in [5.41, 5.74) is 2.16. The first-order valence-electron chi connectivity index (χ1n) is 5.09. The average molecular weight is 245 g/mol. The first-order valence-corrected chi connectivity index (χ1v) is 5.09. The molecule has 0 amide bonds. The number of nitrogens with zero attached hydrogens (tertiary/aromatic N) is 5. The van der Waals surface area contributed by atoms with E-state index in [1.165, 1.54) is 16.8 Å². The van der Waals surface area contributed by atoms with E-state index >= 15 is 0 Å². The summed E-state index contributed by atoms with van der Waals surface area (Å²) in [7, 11) is 0. The first-order chi connectivity index (χ1) is 8.66. The average Bonchev–Trinajstić information content (AvgIpc) is 2.94. The van der Waals surface area contributed by atoms with E-state index in [1.807, 2.05) is 0 Å². The van der Waals surface area contributed by atoms with Crippen LogP contribution in [0.2, 0.25) is 0 Å². The summed E-state index contributed by atoms with van der Waals surface area (Å²) in [6, 6.07) is 6.12. The van der Waals surface area contributed by atoms with Crippen LogP contribution in [0.25, 0.3) is 16.9 Å². The molecular weight excluding hydrogens is 238 g/mol. The highest BCUT2D eigenvalue weighted by Gasteiger charge is 2.16. The molecule has 0 fully saturated rings. The molecule has 2 heterocycles. The predicted octanol–water partition coefficient (Wildman–Crippen LogP) is 1.63. The van der Waals surface area contributed by atoms with Crippen molar-refractivity contribution < 1.29 is 9.55 Å². The summed E-state index contributed by atoms with van der Waals surface area (Å²) in [6.45, 7) is 1.76. The molecule has 3 rings (SSSR count). The summed E-state index contributed by atoms with van der Waals surface area (Å²) in [5.74, 6) is 0. The van der Waals surface area contributed by atoms with Crippen LogP contribution in [-0.2, 0) is 0 Å². The molecular formula is C10H7N5O3. The van der Waals surface area contributed by atoms with Gasteiger partial charge in [-0.3, -0.25) is 10.1 Å². The number of nitro benzene ring substituents is 1. The van der Waals surface area contributed by atoms with Crippen LogP contribution in [-0.4, -0.2) is 25.0 Å². The summed E-state index contributed by atoms with van der Waals surface area (Å²) in [6.07, 6.45) is 0. The van der Waals surface area contributed by atoms with Crippen LogP contribution in [0.1, 0.15) is 5.69 Å². The zero-order valence-corrected chi connectivity index (χ0v) is 9.27. The van der Waals surface area contributed by atoms with Gasteiger partial charge in [-0.15, -0.1) is 0 Å². The lowest BCUT2D eigenvalue weighted by Crippen LogP contribution is -1.98. The van der Waals surface area contributed by atoms with Crippen molar-refractivity contribution in [2.45, 2.75) is 6.92 Å². The van der Waals surface area contributed by atoms with Crippen LogP contribution in [0.5, 0.6) is 0 Å². The smallest absolute Gasteiger partial charge is 0.258 e. The number of fused-ring (bicyclic) bond motifs is 1. The Balaban J connectivity index is 2.22. The Labute approximate surface area is 99.9 Å². The largest absolute Gasteiger partial charge is 0.271 e. The van der Waals surface area contributed by atoms with E-state index in [0.29, 0.717) is 22.5 Å². The van der Waals surface area contributed by atoms with E-state index < -0.39 is 4.92 Å². The SMILES string of the molecule is Cc1nn(-c2cccc([N+](=O)[O-])c2)c2nonc12. The summed E-state index contributed by atoms with van der Waals surface area (Å²) in [5, 5.41) is 22.4. The number of aromatic nitrogens is 4. The van der Waals surface area contributed by atoms with Crippen molar-refractivity contribution in [2.24, 2.45) is 0 Å². The minimum atomic E-state index is -0.460. The van der Waals surface area contributed by atoms with E-state index in [9.17, 15) is 10.1 Å². The minimum absolute atomic E-state index is 0.00902. The van der Waals surface area contributed by atoms with Crippen molar-refractivity contribution in [3.63, 3.8) is 0 Å². The Morgan fingerprint density at radius 3 is 3.00 bits per heavy atom. The van der Waals surface area contributed by atoms with Crippen molar-refractivity contribution in [1.82, 2.24) is 20.1 Å². The van der Waals surface area contributed by atoms with Gasteiger partial charge in [-0.2, -0.15) is 5.10 Å². The predicted molar refractivity (Wildman–Crippen MR) is 60.3 cm³/mol. The molecule has 0 aliphatic rings. The van der Waals surface area contributed by atoms with Crippen LogP contribution in [0, 0.1) is 17.0 Å². The van der Waals surface area contributed by atoms with Gasteiger partial charge in [-0.25, -0.2) is 9.31 Å². The Morgan fingerprint density at radius 1 is 1.39 bits per heavy atom. The van der Waals surface area contributed by atoms with Gasteiger partial charge in [0.2, 0.25) is 5.65 Å². The molecule has 90 valence electrons. The second-order valence-electron chi connectivity index (χ2n) is 3.71. The quantitative estimate of drug-likeness (QED) is 0.502. The molecule has 0 saturated heterocycles. The number of non-ortho nitro benzene ring substituents is 1. The highest BCUT2D eigenvalue weighted by atomic mass is 16.6. The minimum Gasteiger partial charge on any atom is -0.258 e. The fraction of sp³-hybridized carbons (Fsp3) is 0.100. The normalized spacial score (nSPS) is 10.9. The van der Waals surface area contributed by atoms with Gasteiger partial charge in [0.15, 0.2) is 5.52 Å². The highest BCUT2D eigenvalue weighted by Crippen LogP contribution is 2.21. The van der Waals surface area contributed by atoms with Gasteiger partial charge in [0.05, 0.1) is 16.3 Å². The van der Waals surface area contributed by atoms with Crippen molar-refractivity contribution >= 4 is 16.9 Å². The molecule has 0 radical (unpaired) electrons. The second kappa shape index (κ2) is 3.62. The Bertz CT molecular complexity index is 745. The molecule has 0 N–H and O–H groups in total. The maximum absolute atomic E-state index is 10.7. The topological polar surface area (TPSA) is 99.9 Å². The second-order valence-corrected chi connectivity index (χ2v) is 3.71. The third-order valence-corrected chi connectivity index (χ3v) is 2.55. The molecule has 0 bridgehead atoms. The third kappa shape index (κ3) is 1.43. The fourth-order valence-electron chi connectivity index (χ4n) is 1.71. The molecule has 3 aromatic rings. The van der Waals surface area contributed by atoms with E-state index in [2.05, 4.69) is 20.0 Å². The van der Waals surface area contributed by atoms with E-state index in [1.54, 1.807) is 19.1 Å². The monoisotopic (exact) mass is 245 g/mol. The van der Waals surface area contributed by atoms with Gasteiger partial charge < -0.3 is 0 Å². The maximum Gasteiger partial charge on any atom is 0.271 e. The summed E-state index contributed by atoms with van der Waals surface area (Å²) in [4.78, 5) is 10.3. The number of rotatable bonds is 2. The van der Waals surface area contributed by atoms with E-state index in [-0.39, 0.29) is 5.69 Å². The Morgan fingerprint density at radius 2 is 2.22 bits per heavy atom. The van der Waals surface area contributed by atoms with Crippen molar-refractivity contribution in [3.8, 4) is 5.69 Å². The molecule has 0 unspecified atom stereocenters. The van der Waals surface area contributed by atoms with Crippen molar-refractivity contribution in [2.75, 3.05) is 0 Å². The number of hydrogen-bond donors (Lipinski definition) is 0. The zero-order valence-electron chi connectivity index (χ0n) is 9.27. The number of nitro groups is 1. The Hall–Kier alpha value is -2.77. The molecule has 2 aromatic heterocycles. The van der Waals surface area contributed by atoms with Crippen LogP contribution in [0.3, 0.4) is 0 Å². The summed E-state index contributed by atoms with van der Waals surface area (Å²) < 4.78 is 6.10. The molecule has 0 aliphatic carbocycles. The van der Waals surface area contributed by atoms with Gasteiger partial charge in [-0.05, 0) is 23.3 Å². The molecule has 1 aromatic carbocycles.